The van der Waals surface area contributed by atoms with Crippen LogP contribution in [0.25, 0.3) is 0 Å². The van der Waals surface area contributed by atoms with Gasteiger partial charge in [0, 0.05) is 23.2 Å². The monoisotopic (exact) mass is 302 g/mol. The van der Waals surface area contributed by atoms with Gasteiger partial charge in [0.2, 0.25) is 0 Å². The maximum absolute atomic E-state index is 6.26. The van der Waals surface area contributed by atoms with Crippen molar-refractivity contribution in [2.24, 2.45) is 5.92 Å². The van der Waals surface area contributed by atoms with Gasteiger partial charge in [0.05, 0.1) is 10.7 Å². The van der Waals surface area contributed by atoms with Crippen molar-refractivity contribution in [3.8, 4) is 0 Å². The number of nitrogens with two attached hydrogens (primary N) is 1. The van der Waals surface area contributed by atoms with E-state index in [2.05, 4.69) is 27.8 Å². The molecule has 1 aliphatic heterocycles. The second kappa shape index (κ2) is 4.84. The van der Waals surface area contributed by atoms with Gasteiger partial charge in [0.15, 0.2) is 0 Å². The highest BCUT2D eigenvalue weighted by Crippen LogP contribution is 2.37. The molecule has 1 atom stereocenters. The van der Waals surface area contributed by atoms with Crippen molar-refractivity contribution >= 4 is 38.9 Å². The van der Waals surface area contributed by atoms with Crippen LogP contribution >= 0.6 is 27.5 Å². The highest BCUT2D eigenvalue weighted by atomic mass is 79.9. The Bertz CT molecular complexity index is 372. The number of hydrogen-bond donors (Lipinski definition) is 1. The normalized spacial score (nSPS) is 21.2. The highest BCUT2D eigenvalue weighted by Gasteiger charge is 2.20. The Morgan fingerprint density at radius 1 is 1.50 bits per heavy atom. The Labute approximate surface area is 110 Å². The number of halogens is 2. The molecule has 1 saturated heterocycles. The second-order valence-corrected chi connectivity index (χ2v) is 5.79. The summed E-state index contributed by atoms with van der Waals surface area (Å²) in [6.07, 6.45) is 2.54. The molecule has 1 heterocycles. The molecule has 4 heteroatoms. The summed E-state index contributed by atoms with van der Waals surface area (Å²) in [7, 11) is 0. The molecule has 0 aliphatic carbocycles. The lowest BCUT2D eigenvalue weighted by molar-refractivity contribution is 0.446. The molecular weight excluding hydrogens is 288 g/mol. The average Bonchev–Trinajstić information content (AvgIpc) is 2.15. The first-order valence-corrected chi connectivity index (χ1v) is 6.74. The second-order valence-electron chi connectivity index (χ2n) is 4.53. The number of benzene rings is 1. The maximum Gasteiger partial charge on any atom is 0.0701 e. The van der Waals surface area contributed by atoms with Crippen LogP contribution in [0, 0.1) is 5.92 Å². The highest BCUT2D eigenvalue weighted by molar-refractivity contribution is 9.10. The Morgan fingerprint density at radius 3 is 2.88 bits per heavy atom. The fourth-order valence-electron chi connectivity index (χ4n) is 2.28. The zero-order valence-corrected chi connectivity index (χ0v) is 11.7. The number of anilines is 2. The molecular formula is C12H16BrClN2. The molecule has 0 saturated carbocycles. The lowest BCUT2D eigenvalue weighted by Crippen LogP contribution is -2.34. The number of hydrogen-bond acceptors (Lipinski definition) is 2. The molecule has 2 nitrogen and oxygen atoms in total. The van der Waals surface area contributed by atoms with Gasteiger partial charge in [-0.2, -0.15) is 0 Å². The van der Waals surface area contributed by atoms with Crippen LogP contribution in [0.1, 0.15) is 19.8 Å². The molecule has 1 aliphatic rings. The van der Waals surface area contributed by atoms with Crippen LogP contribution in [0.2, 0.25) is 5.02 Å². The Hall–Kier alpha value is -0.410. The molecule has 0 aromatic heterocycles. The van der Waals surface area contributed by atoms with Crippen molar-refractivity contribution in [2.75, 3.05) is 23.7 Å². The molecule has 16 heavy (non-hydrogen) atoms. The molecule has 88 valence electrons. The van der Waals surface area contributed by atoms with Crippen LogP contribution < -0.4 is 10.6 Å². The van der Waals surface area contributed by atoms with Crippen LogP contribution in [-0.4, -0.2) is 13.1 Å². The van der Waals surface area contributed by atoms with Gasteiger partial charge in [0.25, 0.3) is 0 Å². The van der Waals surface area contributed by atoms with Gasteiger partial charge in [-0.25, -0.2) is 0 Å². The third kappa shape index (κ3) is 2.46. The molecule has 0 amide bonds. The molecule has 0 bridgehead atoms. The van der Waals surface area contributed by atoms with Gasteiger partial charge in [0.1, 0.15) is 0 Å². The van der Waals surface area contributed by atoms with Crippen LogP contribution in [0.4, 0.5) is 11.4 Å². The third-order valence-corrected chi connectivity index (χ3v) is 3.91. The lowest BCUT2D eigenvalue weighted by Gasteiger charge is -2.34. The van der Waals surface area contributed by atoms with E-state index in [0.717, 1.165) is 34.2 Å². The molecule has 2 N–H and O–H groups in total. The summed E-state index contributed by atoms with van der Waals surface area (Å²) in [5, 5.41) is 0.737. The fraction of sp³-hybridized carbons (Fsp3) is 0.500. The fourth-order valence-corrected chi connectivity index (χ4v) is 3.47. The van der Waals surface area contributed by atoms with E-state index in [0.29, 0.717) is 5.69 Å². The Kier molecular flexibility index (Phi) is 3.65. The van der Waals surface area contributed by atoms with E-state index in [4.69, 9.17) is 17.3 Å². The number of rotatable bonds is 1. The molecule has 1 aromatic carbocycles. The standard InChI is InChI=1S/C12H16BrClN2/c1-8-3-2-4-16(7-8)12-10(13)5-9(15)6-11(12)14/h5-6,8H,2-4,7,15H2,1H3/t8-/m1/s1. The predicted molar refractivity (Wildman–Crippen MR) is 74.2 cm³/mol. The van der Waals surface area contributed by atoms with Crippen molar-refractivity contribution in [3.05, 3.63) is 21.6 Å². The van der Waals surface area contributed by atoms with E-state index in [-0.39, 0.29) is 0 Å². The summed E-state index contributed by atoms with van der Waals surface area (Å²) in [6.45, 7) is 4.43. The topological polar surface area (TPSA) is 29.3 Å². The van der Waals surface area contributed by atoms with Crippen LogP contribution in [0.15, 0.2) is 16.6 Å². The van der Waals surface area contributed by atoms with Gasteiger partial charge < -0.3 is 10.6 Å². The van der Waals surface area contributed by atoms with Crippen molar-refractivity contribution in [2.45, 2.75) is 19.8 Å². The van der Waals surface area contributed by atoms with Crippen molar-refractivity contribution in [3.63, 3.8) is 0 Å². The summed E-state index contributed by atoms with van der Waals surface area (Å²) in [5.74, 6) is 0.731. The van der Waals surface area contributed by atoms with Crippen LogP contribution in [0.3, 0.4) is 0 Å². The summed E-state index contributed by atoms with van der Waals surface area (Å²) in [6, 6.07) is 3.74. The SMILES string of the molecule is C[C@@H]1CCCN(c2c(Cl)cc(N)cc2Br)C1. The predicted octanol–water partition coefficient (Wildman–Crippen LogP) is 3.92. The maximum atomic E-state index is 6.26. The van der Waals surface area contributed by atoms with Gasteiger partial charge in [-0.05, 0) is 46.8 Å². The third-order valence-electron chi connectivity index (χ3n) is 3.01. The number of nitrogen functional groups attached to an aromatic ring is 1. The summed E-state index contributed by atoms with van der Waals surface area (Å²) in [5.41, 5.74) is 7.54. The minimum Gasteiger partial charge on any atom is -0.399 e. The quantitative estimate of drug-likeness (QED) is 0.797. The van der Waals surface area contributed by atoms with Gasteiger partial charge >= 0.3 is 0 Å². The van der Waals surface area contributed by atoms with Crippen molar-refractivity contribution in [1.29, 1.82) is 0 Å². The van der Waals surface area contributed by atoms with Crippen molar-refractivity contribution in [1.82, 2.24) is 0 Å². The minimum atomic E-state index is 0.700. The van der Waals surface area contributed by atoms with E-state index in [1.807, 2.05) is 12.1 Å². The van der Waals surface area contributed by atoms with E-state index in [9.17, 15) is 0 Å². The van der Waals surface area contributed by atoms with E-state index in [1.165, 1.54) is 12.8 Å². The molecule has 0 spiro atoms. The summed E-state index contributed by atoms with van der Waals surface area (Å²) >= 11 is 9.81. The smallest absolute Gasteiger partial charge is 0.0701 e. The Morgan fingerprint density at radius 2 is 2.25 bits per heavy atom. The number of piperidine rings is 1. The van der Waals surface area contributed by atoms with Gasteiger partial charge in [-0.3, -0.25) is 0 Å². The first-order valence-electron chi connectivity index (χ1n) is 5.57. The summed E-state index contributed by atoms with van der Waals surface area (Å²) < 4.78 is 0.992. The van der Waals surface area contributed by atoms with E-state index >= 15 is 0 Å². The average molecular weight is 304 g/mol. The minimum absolute atomic E-state index is 0.700. The largest absolute Gasteiger partial charge is 0.399 e. The molecule has 0 unspecified atom stereocenters. The summed E-state index contributed by atoms with van der Waals surface area (Å²) in [4.78, 5) is 2.35. The molecule has 1 aromatic rings. The molecule has 1 fully saturated rings. The zero-order valence-electron chi connectivity index (χ0n) is 9.34. The van der Waals surface area contributed by atoms with Gasteiger partial charge in [-0.1, -0.05) is 18.5 Å². The zero-order chi connectivity index (χ0) is 11.7. The molecule has 0 radical (unpaired) electrons. The van der Waals surface area contributed by atoms with E-state index in [1.54, 1.807) is 0 Å². The van der Waals surface area contributed by atoms with Gasteiger partial charge in [-0.15, -0.1) is 0 Å². The number of nitrogens with zero attached hydrogens (tertiary/aromatic N) is 1. The van der Waals surface area contributed by atoms with Crippen molar-refractivity contribution < 1.29 is 0 Å². The first-order chi connectivity index (χ1) is 7.58. The Balaban J connectivity index is 2.32. The first kappa shape index (κ1) is 12.1. The molecule has 2 rings (SSSR count). The van der Waals surface area contributed by atoms with Crippen LogP contribution in [-0.2, 0) is 0 Å². The van der Waals surface area contributed by atoms with Crippen LogP contribution in [0.5, 0.6) is 0 Å². The van der Waals surface area contributed by atoms with E-state index < -0.39 is 0 Å². The lowest BCUT2D eigenvalue weighted by atomic mass is 10.00.